The van der Waals surface area contributed by atoms with Gasteiger partial charge in [-0.25, -0.2) is 17.3 Å². The first-order valence-electron chi connectivity index (χ1n) is 14.8. The lowest BCUT2D eigenvalue weighted by Gasteiger charge is -2.25. The van der Waals surface area contributed by atoms with E-state index >= 15 is 0 Å². The molecule has 3 heterocycles. The van der Waals surface area contributed by atoms with Crippen LogP contribution in [0.15, 0.2) is 79.1 Å². The van der Waals surface area contributed by atoms with E-state index in [-0.39, 0.29) is 18.0 Å². The Morgan fingerprint density at radius 1 is 1.02 bits per heavy atom. The van der Waals surface area contributed by atoms with Crippen molar-refractivity contribution < 1.29 is 22.4 Å². The maximum atomic E-state index is 13.8. The van der Waals surface area contributed by atoms with Gasteiger partial charge >= 0.3 is 0 Å². The summed E-state index contributed by atoms with van der Waals surface area (Å²) < 4.78 is 42.6. The van der Waals surface area contributed by atoms with Crippen molar-refractivity contribution in [3.05, 3.63) is 107 Å². The van der Waals surface area contributed by atoms with Gasteiger partial charge in [-0.2, -0.15) is 5.10 Å². The standard InChI is InChI=1S/C34H33FN6O4S/c1-5-41(46(4,44)45)28-20-40-27(30(33(43)36-3)31(39-40)22-11-13-24(35)14-12-22)19-26(28)25-18-23(10-9-21(25)2)32(42)38-34(15-16-34)29-8-6-7-17-37-29/h6-14,17-20H,5,15-16H2,1-4H3,(H,36,43)(H,38,42). The molecule has 0 atom stereocenters. The summed E-state index contributed by atoms with van der Waals surface area (Å²) in [6, 6.07) is 18.3. The van der Waals surface area contributed by atoms with Crippen LogP contribution >= 0.6 is 0 Å². The second-order valence-corrected chi connectivity index (χ2v) is 13.3. The molecule has 0 aliphatic heterocycles. The molecular weight excluding hydrogens is 607 g/mol. The number of carbonyl (C=O) groups excluding carboxylic acids is 2. The van der Waals surface area contributed by atoms with Gasteiger partial charge in [0.1, 0.15) is 11.5 Å². The van der Waals surface area contributed by atoms with Crippen molar-refractivity contribution in [2.45, 2.75) is 32.2 Å². The van der Waals surface area contributed by atoms with Crippen LogP contribution in [0.3, 0.4) is 0 Å². The second kappa shape index (κ2) is 11.7. The zero-order valence-corrected chi connectivity index (χ0v) is 26.7. The van der Waals surface area contributed by atoms with Gasteiger partial charge in [0.2, 0.25) is 10.0 Å². The van der Waals surface area contributed by atoms with E-state index in [2.05, 4.69) is 20.7 Å². The maximum Gasteiger partial charge on any atom is 0.255 e. The van der Waals surface area contributed by atoms with E-state index in [0.29, 0.717) is 39.2 Å². The molecule has 1 aliphatic carbocycles. The van der Waals surface area contributed by atoms with Gasteiger partial charge in [-0.1, -0.05) is 12.1 Å². The lowest BCUT2D eigenvalue weighted by molar-refractivity contribution is 0.0928. The predicted octanol–water partition coefficient (Wildman–Crippen LogP) is 5.08. The fourth-order valence-corrected chi connectivity index (χ4v) is 6.77. The molecule has 10 nitrogen and oxygen atoms in total. The van der Waals surface area contributed by atoms with Gasteiger partial charge in [0.25, 0.3) is 11.8 Å². The number of carbonyl (C=O) groups is 2. The molecule has 12 heteroatoms. The topological polar surface area (TPSA) is 126 Å². The second-order valence-electron chi connectivity index (χ2n) is 11.4. The molecule has 0 spiro atoms. The average Bonchev–Trinajstić information content (AvgIpc) is 3.73. The van der Waals surface area contributed by atoms with Gasteiger partial charge in [-0.05, 0) is 92.4 Å². The van der Waals surface area contributed by atoms with E-state index in [0.717, 1.165) is 30.4 Å². The highest BCUT2D eigenvalue weighted by atomic mass is 32.2. The van der Waals surface area contributed by atoms with E-state index in [9.17, 15) is 22.4 Å². The number of halogens is 1. The molecule has 1 fully saturated rings. The summed E-state index contributed by atoms with van der Waals surface area (Å²) in [5.41, 5.74) is 4.34. The molecule has 0 saturated heterocycles. The highest BCUT2D eigenvalue weighted by Gasteiger charge is 2.47. The summed E-state index contributed by atoms with van der Waals surface area (Å²) in [5.74, 6) is -1.13. The number of sulfonamides is 1. The molecule has 3 aromatic heterocycles. The third-order valence-electron chi connectivity index (χ3n) is 8.33. The van der Waals surface area contributed by atoms with Gasteiger partial charge in [0.15, 0.2) is 0 Å². The Morgan fingerprint density at radius 2 is 1.76 bits per heavy atom. The van der Waals surface area contributed by atoms with Crippen molar-refractivity contribution in [1.29, 1.82) is 0 Å². The summed E-state index contributed by atoms with van der Waals surface area (Å²) in [5, 5.41) is 10.5. The summed E-state index contributed by atoms with van der Waals surface area (Å²) in [6.45, 7) is 3.72. The number of hydrogen-bond donors (Lipinski definition) is 2. The molecule has 46 heavy (non-hydrogen) atoms. The van der Waals surface area contributed by atoms with Crippen molar-refractivity contribution >= 4 is 33.0 Å². The van der Waals surface area contributed by atoms with E-state index in [1.165, 1.54) is 40.1 Å². The quantitative estimate of drug-likeness (QED) is 0.232. The number of hydrogen-bond acceptors (Lipinski definition) is 6. The Balaban J connectivity index is 1.54. The number of nitrogens with zero attached hydrogens (tertiary/aromatic N) is 4. The SMILES string of the molecule is CCN(c1cn2nc(-c3ccc(F)cc3)c(C(=O)NC)c2cc1-c1cc(C(=O)NC2(c3ccccn3)CC2)ccc1C)S(C)(=O)=O. The van der Waals surface area contributed by atoms with Gasteiger partial charge in [-0.15, -0.1) is 0 Å². The van der Waals surface area contributed by atoms with Gasteiger partial charge in [-0.3, -0.25) is 18.9 Å². The smallest absolute Gasteiger partial charge is 0.255 e. The zero-order valence-electron chi connectivity index (χ0n) is 25.8. The molecule has 2 N–H and O–H groups in total. The molecule has 0 radical (unpaired) electrons. The molecule has 2 aromatic carbocycles. The number of nitrogens with one attached hydrogen (secondary N) is 2. The van der Waals surface area contributed by atoms with Crippen LogP contribution in [0.2, 0.25) is 0 Å². The number of fused-ring (bicyclic) bond motifs is 1. The Kier molecular flexibility index (Phi) is 7.85. The first kappa shape index (κ1) is 30.9. The van der Waals surface area contributed by atoms with Crippen LogP contribution in [0.4, 0.5) is 10.1 Å². The van der Waals surface area contributed by atoms with Crippen LogP contribution in [0.25, 0.3) is 27.9 Å². The number of anilines is 1. The fourth-order valence-electron chi connectivity index (χ4n) is 5.80. The minimum Gasteiger partial charge on any atom is -0.355 e. The Labute approximate surface area is 266 Å². The summed E-state index contributed by atoms with van der Waals surface area (Å²) in [7, 11) is -2.25. The Bertz CT molecular complexity index is 2090. The number of pyridine rings is 2. The minimum absolute atomic E-state index is 0.123. The molecule has 1 aliphatic rings. The Morgan fingerprint density at radius 3 is 2.37 bits per heavy atom. The highest BCUT2D eigenvalue weighted by molar-refractivity contribution is 7.92. The lowest BCUT2D eigenvalue weighted by atomic mass is 9.95. The van der Waals surface area contributed by atoms with Crippen molar-refractivity contribution in [2.24, 2.45) is 0 Å². The number of aromatic nitrogens is 3. The van der Waals surface area contributed by atoms with Crippen molar-refractivity contribution in [3.63, 3.8) is 0 Å². The van der Waals surface area contributed by atoms with Gasteiger partial charge < -0.3 is 10.6 Å². The number of benzene rings is 2. The molecule has 2 amide bonds. The van der Waals surface area contributed by atoms with E-state index in [1.54, 1.807) is 37.5 Å². The molecule has 6 rings (SSSR count). The van der Waals surface area contributed by atoms with Crippen LogP contribution in [0, 0.1) is 12.7 Å². The van der Waals surface area contributed by atoms with Crippen LogP contribution < -0.4 is 14.9 Å². The maximum absolute atomic E-state index is 13.8. The summed E-state index contributed by atoms with van der Waals surface area (Å²) >= 11 is 0. The molecule has 236 valence electrons. The molecule has 0 bridgehead atoms. The van der Waals surface area contributed by atoms with E-state index in [1.807, 2.05) is 31.2 Å². The summed E-state index contributed by atoms with van der Waals surface area (Å²) in [6.07, 6.45) is 5.94. The highest BCUT2D eigenvalue weighted by Crippen LogP contribution is 2.45. The van der Waals surface area contributed by atoms with Crippen molar-refractivity contribution in [1.82, 2.24) is 25.2 Å². The molecule has 1 saturated carbocycles. The van der Waals surface area contributed by atoms with E-state index < -0.39 is 27.3 Å². The van der Waals surface area contributed by atoms with Gasteiger partial charge in [0.05, 0.1) is 40.5 Å². The predicted molar refractivity (Wildman–Crippen MR) is 175 cm³/mol. The van der Waals surface area contributed by atoms with E-state index in [4.69, 9.17) is 0 Å². The first-order valence-corrected chi connectivity index (χ1v) is 16.7. The normalized spacial score (nSPS) is 13.8. The third-order valence-corrected chi connectivity index (χ3v) is 9.58. The van der Waals surface area contributed by atoms with Crippen LogP contribution in [-0.4, -0.2) is 54.7 Å². The summed E-state index contributed by atoms with van der Waals surface area (Å²) in [4.78, 5) is 31.4. The molecule has 5 aromatic rings. The van der Waals surface area contributed by atoms with Gasteiger partial charge in [0, 0.05) is 36.5 Å². The lowest BCUT2D eigenvalue weighted by Crippen LogP contribution is -2.35. The monoisotopic (exact) mass is 640 g/mol. The molecular formula is C34H33FN6O4S. The van der Waals surface area contributed by atoms with Crippen molar-refractivity contribution in [2.75, 3.05) is 24.2 Å². The van der Waals surface area contributed by atoms with Crippen molar-refractivity contribution in [3.8, 4) is 22.4 Å². The largest absolute Gasteiger partial charge is 0.355 e. The molecule has 0 unspecified atom stereocenters. The van der Waals surface area contributed by atoms with Crippen LogP contribution in [0.5, 0.6) is 0 Å². The first-order chi connectivity index (χ1) is 22.0. The zero-order chi connectivity index (χ0) is 32.8. The average molecular weight is 641 g/mol. The third kappa shape index (κ3) is 5.60. The van der Waals surface area contributed by atoms with Crippen LogP contribution in [-0.2, 0) is 15.6 Å². The minimum atomic E-state index is -3.75. The number of aryl methyl sites for hydroxylation is 1. The number of rotatable bonds is 9. The van der Waals surface area contributed by atoms with Crippen LogP contribution in [0.1, 0.15) is 51.7 Å². The Hall–Kier alpha value is -5.10. The number of amides is 2. The fraction of sp³-hybridized carbons (Fsp3) is 0.235.